The summed E-state index contributed by atoms with van der Waals surface area (Å²) in [5.74, 6) is 0.691. The molecule has 2 N–H and O–H groups in total. The fourth-order valence-corrected chi connectivity index (χ4v) is 3.96. The Morgan fingerprint density at radius 2 is 2.15 bits per heavy atom. The molecule has 0 bridgehead atoms. The van der Waals surface area contributed by atoms with Crippen LogP contribution in [0.5, 0.6) is 0 Å². The minimum absolute atomic E-state index is 0.0382. The zero-order chi connectivity index (χ0) is 18.6. The van der Waals surface area contributed by atoms with Gasteiger partial charge in [0.25, 0.3) is 0 Å². The number of amides is 2. The second-order valence-electron chi connectivity index (χ2n) is 7.60. The lowest BCUT2D eigenvalue weighted by atomic mass is 9.75. The molecule has 1 aromatic heterocycles. The minimum atomic E-state index is -0.177. The molecule has 1 saturated carbocycles. The van der Waals surface area contributed by atoms with Crippen LogP contribution >= 0.6 is 0 Å². The maximum Gasteiger partial charge on any atom is 0.319 e. The molecule has 1 heterocycles. The molecular formula is C20H29N5O. The summed E-state index contributed by atoms with van der Waals surface area (Å²) in [5, 5.41) is 10.3. The maximum atomic E-state index is 12.6. The van der Waals surface area contributed by atoms with Gasteiger partial charge in [-0.25, -0.2) is 9.48 Å². The Morgan fingerprint density at radius 3 is 2.85 bits per heavy atom. The third-order valence-electron chi connectivity index (χ3n) is 5.50. The first kappa shape index (κ1) is 18.5. The molecule has 3 rings (SSSR count). The highest BCUT2D eigenvalue weighted by atomic mass is 16.2. The molecule has 2 atom stereocenters. The Labute approximate surface area is 155 Å². The van der Waals surface area contributed by atoms with E-state index in [9.17, 15) is 4.79 Å². The van der Waals surface area contributed by atoms with Gasteiger partial charge in [-0.1, -0.05) is 31.9 Å². The molecule has 26 heavy (non-hydrogen) atoms. The first-order chi connectivity index (χ1) is 12.5. The molecule has 140 valence electrons. The number of hydrogen-bond donors (Lipinski definition) is 2. The van der Waals surface area contributed by atoms with Crippen molar-refractivity contribution in [3.8, 4) is 5.69 Å². The predicted octanol–water partition coefficient (Wildman–Crippen LogP) is 3.50. The van der Waals surface area contributed by atoms with Gasteiger partial charge in [-0.2, -0.15) is 5.10 Å². The van der Waals surface area contributed by atoms with Crippen molar-refractivity contribution in [1.29, 1.82) is 0 Å². The van der Waals surface area contributed by atoms with Crippen molar-refractivity contribution in [3.05, 3.63) is 42.7 Å². The molecule has 6 nitrogen and oxygen atoms in total. The molecule has 0 unspecified atom stereocenters. The maximum absolute atomic E-state index is 12.6. The Kier molecular flexibility index (Phi) is 5.61. The highest BCUT2D eigenvalue weighted by Gasteiger charge is 2.37. The van der Waals surface area contributed by atoms with Crippen molar-refractivity contribution in [1.82, 2.24) is 20.0 Å². The summed E-state index contributed by atoms with van der Waals surface area (Å²) in [7, 11) is 4.23. The van der Waals surface area contributed by atoms with E-state index in [-0.39, 0.29) is 11.6 Å². The number of rotatable bonds is 5. The van der Waals surface area contributed by atoms with E-state index in [0.717, 1.165) is 24.2 Å². The normalized spacial score (nSPS) is 23.0. The van der Waals surface area contributed by atoms with Gasteiger partial charge >= 0.3 is 6.03 Å². The Bertz CT molecular complexity index is 728. The van der Waals surface area contributed by atoms with E-state index in [1.54, 1.807) is 10.9 Å². The molecule has 1 aliphatic rings. The van der Waals surface area contributed by atoms with E-state index in [4.69, 9.17) is 0 Å². The molecule has 2 amide bonds. The minimum Gasteiger partial charge on any atom is -0.336 e. The molecule has 1 aliphatic carbocycles. The lowest BCUT2D eigenvalue weighted by Gasteiger charge is -2.45. The third kappa shape index (κ3) is 4.07. The van der Waals surface area contributed by atoms with Crippen molar-refractivity contribution in [3.63, 3.8) is 0 Å². The van der Waals surface area contributed by atoms with Crippen LogP contribution in [0.15, 0.2) is 42.7 Å². The lowest BCUT2D eigenvalue weighted by molar-refractivity contribution is 0.0779. The Balaban J connectivity index is 1.66. The third-order valence-corrected chi connectivity index (χ3v) is 5.50. The first-order valence-corrected chi connectivity index (χ1v) is 9.31. The van der Waals surface area contributed by atoms with Gasteiger partial charge in [0.2, 0.25) is 0 Å². The van der Waals surface area contributed by atoms with Crippen LogP contribution in [0, 0.1) is 5.92 Å². The molecule has 0 saturated heterocycles. The van der Waals surface area contributed by atoms with Crippen molar-refractivity contribution in [2.24, 2.45) is 5.92 Å². The van der Waals surface area contributed by atoms with E-state index in [1.807, 2.05) is 36.5 Å². The average Bonchev–Trinajstić information content (AvgIpc) is 3.15. The summed E-state index contributed by atoms with van der Waals surface area (Å²) < 4.78 is 1.75. The van der Waals surface area contributed by atoms with Crippen molar-refractivity contribution in [2.45, 2.75) is 38.1 Å². The standard InChI is InChI=1S/C20H29N5O/c1-16-8-6-11-20(14-16,24(2)3)15-21-19(26)23-17-9-4-5-10-18(17)25-13-7-12-22-25/h4-5,7,9-10,12-13,16H,6,8,11,14-15H2,1-3H3,(H2,21,23,26)/t16-,20+/m0/s1. The summed E-state index contributed by atoms with van der Waals surface area (Å²) in [6.07, 6.45) is 8.31. The second-order valence-corrected chi connectivity index (χ2v) is 7.60. The number of nitrogens with zero attached hydrogens (tertiary/aromatic N) is 3. The van der Waals surface area contributed by atoms with Crippen LogP contribution in [0.25, 0.3) is 5.69 Å². The van der Waals surface area contributed by atoms with Crippen molar-refractivity contribution in [2.75, 3.05) is 26.0 Å². The lowest BCUT2D eigenvalue weighted by Crippen LogP contribution is -2.55. The quantitative estimate of drug-likeness (QED) is 0.863. The average molecular weight is 355 g/mol. The number of carbonyl (C=O) groups excluding carboxylic acids is 1. The van der Waals surface area contributed by atoms with Gasteiger partial charge in [0.05, 0.1) is 11.4 Å². The van der Waals surface area contributed by atoms with Crippen LogP contribution in [-0.4, -0.2) is 46.9 Å². The van der Waals surface area contributed by atoms with Crippen LogP contribution in [0.3, 0.4) is 0 Å². The van der Waals surface area contributed by atoms with Crippen LogP contribution in [0.2, 0.25) is 0 Å². The van der Waals surface area contributed by atoms with Gasteiger partial charge in [-0.3, -0.25) is 0 Å². The highest BCUT2D eigenvalue weighted by Crippen LogP contribution is 2.35. The molecule has 1 aromatic carbocycles. The summed E-state index contributed by atoms with van der Waals surface area (Å²) in [4.78, 5) is 14.8. The van der Waals surface area contributed by atoms with Gasteiger partial charge in [-0.15, -0.1) is 0 Å². The van der Waals surface area contributed by atoms with Crippen molar-refractivity contribution < 1.29 is 4.79 Å². The number of likely N-dealkylation sites (N-methyl/N-ethyl adjacent to an activating group) is 1. The number of hydrogen-bond acceptors (Lipinski definition) is 3. The number of aromatic nitrogens is 2. The number of urea groups is 1. The smallest absolute Gasteiger partial charge is 0.319 e. The summed E-state index contributed by atoms with van der Waals surface area (Å²) >= 11 is 0. The molecule has 0 radical (unpaired) electrons. The zero-order valence-corrected chi connectivity index (χ0v) is 15.9. The van der Waals surface area contributed by atoms with Crippen LogP contribution in [-0.2, 0) is 0 Å². The van der Waals surface area contributed by atoms with Gasteiger partial charge in [-0.05, 0) is 51.1 Å². The highest BCUT2D eigenvalue weighted by molar-refractivity contribution is 5.91. The molecule has 1 fully saturated rings. The largest absolute Gasteiger partial charge is 0.336 e. The van der Waals surface area contributed by atoms with E-state index < -0.39 is 0 Å². The number of benzene rings is 1. The molecule has 0 spiro atoms. The fraction of sp³-hybridized carbons (Fsp3) is 0.500. The monoisotopic (exact) mass is 355 g/mol. The first-order valence-electron chi connectivity index (χ1n) is 9.31. The second kappa shape index (κ2) is 7.91. The summed E-state index contributed by atoms with van der Waals surface area (Å²) in [6, 6.07) is 9.36. The van der Waals surface area contributed by atoms with E-state index in [1.165, 1.54) is 12.8 Å². The number of para-hydroxylation sites is 2. The fourth-order valence-electron chi connectivity index (χ4n) is 3.96. The topological polar surface area (TPSA) is 62.2 Å². The van der Waals surface area contributed by atoms with E-state index in [0.29, 0.717) is 12.5 Å². The number of nitrogens with one attached hydrogen (secondary N) is 2. The number of anilines is 1. The molecule has 0 aliphatic heterocycles. The van der Waals surface area contributed by atoms with Gasteiger partial charge in [0.1, 0.15) is 0 Å². The molecule has 2 aromatic rings. The molecule has 6 heteroatoms. The van der Waals surface area contributed by atoms with E-state index >= 15 is 0 Å². The summed E-state index contributed by atoms with van der Waals surface area (Å²) in [5.41, 5.74) is 1.63. The predicted molar refractivity (Wildman–Crippen MR) is 105 cm³/mol. The van der Waals surface area contributed by atoms with Gasteiger partial charge in [0.15, 0.2) is 0 Å². The van der Waals surface area contributed by atoms with Crippen LogP contribution < -0.4 is 10.6 Å². The SMILES string of the molecule is C[C@H]1CCC[C@@](CNC(=O)Nc2ccccc2-n2cccn2)(N(C)C)C1. The zero-order valence-electron chi connectivity index (χ0n) is 15.9. The Morgan fingerprint density at radius 1 is 1.35 bits per heavy atom. The Hall–Kier alpha value is -2.34. The van der Waals surface area contributed by atoms with Crippen molar-refractivity contribution >= 4 is 11.7 Å². The van der Waals surface area contributed by atoms with Gasteiger partial charge in [0, 0.05) is 24.5 Å². The van der Waals surface area contributed by atoms with Crippen LogP contribution in [0.4, 0.5) is 10.5 Å². The van der Waals surface area contributed by atoms with Gasteiger partial charge < -0.3 is 15.5 Å². The number of carbonyl (C=O) groups is 1. The van der Waals surface area contributed by atoms with E-state index in [2.05, 4.69) is 41.7 Å². The van der Waals surface area contributed by atoms with Crippen LogP contribution in [0.1, 0.15) is 32.6 Å². The molecular weight excluding hydrogens is 326 g/mol. The summed E-state index contributed by atoms with van der Waals surface area (Å²) in [6.45, 7) is 2.96.